The van der Waals surface area contributed by atoms with Crippen LogP contribution in [0.25, 0.3) is 5.76 Å². The number of ketones is 1. The van der Waals surface area contributed by atoms with Crippen LogP contribution in [0.1, 0.15) is 56.0 Å². The van der Waals surface area contributed by atoms with E-state index < -0.39 is 17.7 Å². The van der Waals surface area contributed by atoms with Crippen LogP contribution in [0, 0.1) is 12.8 Å². The van der Waals surface area contributed by atoms with Gasteiger partial charge in [0.1, 0.15) is 23.0 Å². The van der Waals surface area contributed by atoms with Crippen LogP contribution in [-0.2, 0) is 16.1 Å². The van der Waals surface area contributed by atoms with Crippen molar-refractivity contribution >= 4 is 17.4 Å². The maximum Gasteiger partial charge on any atom is 0.295 e. The summed E-state index contributed by atoms with van der Waals surface area (Å²) in [5, 5.41) is 11.6. The van der Waals surface area contributed by atoms with E-state index in [4.69, 9.17) is 14.2 Å². The maximum absolute atomic E-state index is 13.5. The van der Waals surface area contributed by atoms with Crippen LogP contribution in [0.4, 0.5) is 0 Å². The maximum atomic E-state index is 13.5. The van der Waals surface area contributed by atoms with Crippen molar-refractivity contribution in [3.8, 4) is 17.2 Å². The molecule has 0 saturated carbocycles. The van der Waals surface area contributed by atoms with Gasteiger partial charge in [0, 0.05) is 12.6 Å². The van der Waals surface area contributed by atoms with Crippen molar-refractivity contribution in [1.82, 2.24) is 4.90 Å². The molecule has 1 amide bonds. The highest BCUT2D eigenvalue weighted by Gasteiger charge is 2.46. The van der Waals surface area contributed by atoms with Gasteiger partial charge in [-0.1, -0.05) is 55.8 Å². The van der Waals surface area contributed by atoms with Crippen LogP contribution in [0.15, 0.2) is 72.3 Å². The molecular weight excluding hydrogens is 506 g/mol. The highest BCUT2D eigenvalue weighted by molar-refractivity contribution is 6.46. The highest BCUT2D eigenvalue weighted by Crippen LogP contribution is 2.42. The van der Waals surface area contributed by atoms with Crippen LogP contribution >= 0.6 is 0 Å². The first-order chi connectivity index (χ1) is 19.2. The van der Waals surface area contributed by atoms with E-state index in [1.54, 1.807) is 18.2 Å². The minimum absolute atomic E-state index is 0.0256. The zero-order valence-corrected chi connectivity index (χ0v) is 23.8. The molecule has 3 aromatic rings. The molecule has 3 aromatic carbocycles. The molecule has 1 aliphatic heterocycles. The van der Waals surface area contributed by atoms with Gasteiger partial charge in [0.15, 0.2) is 0 Å². The summed E-state index contributed by atoms with van der Waals surface area (Å²) >= 11 is 0. The van der Waals surface area contributed by atoms with Gasteiger partial charge >= 0.3 is 0 Å². The van der Waals surface area contributed by atoms with Crippen molar-refractivity contribution in [2.75, 3.05) is 19.8 Å². The summed E-state index contributed by atoms with van der Waals surface area (Å²) in [6.45, 7) is 11.4. The summed E-state index contributed by atoms with van der Waals surface area (Å²) in [6.07, 6.45) is 0. The molecule has 1 saturated heterocycles. The number of Topliss-reactive ketones (excluding diaryl/α,β-unsaturated/α-hetero) is 1. The van der Waals surface area contributed by atoms with Gasteiger partial charge in [0.25, 0.3) is 11.7 Å². The van der Waals surface area contributed by atoms with Crippen LogP contribution in [0.3, 0.4) is 0 Å². The lowest BCUT2D eigenvalue weighted by Gasteiger charge is -2.26. The minimum Gasteiger partial charge on any atom is -0.507 e. The monoisotopic (exact) mass is 543 g/mol. The first-order valence-corrected chi connectivity index (χ1v) is 13.7. The number of likely N-dealkylation sites (tertiary alicyclic amines) is 1. The van der Waals surface area contributed by atoms with Crippen LogP contribution < -0.4 is 14.2 Å². The van der Waals surface area contributed by atoms with Crippen LogP contribution in [0.2, 0.25) is 0 Å². The molecule has 1 N–H and O–H groups in total. The van der Waals surface area contributed by atoms with Gasteiger partial charge in [-0.3, -0.25) is 9.59 Å². The minimum atomic E-state index is -0.780. The van der Waals surface area contributed by atoms with Gasteiger partial charge in [-0.25, -0.2) is 0 Å². The van der Waals surface area contributed by atoms with Crippen LogP contribution in [-0.4, -0.2) is 41.5 Å². The molecule has 0 bridgehead atoms. The second-order valence-electron chi connectivity index (χ2n) is 10.2. The quantitative estimate of drug-likeness (QED) is 0.170. The first-order valence-electron chi connectivity index (χ1n) is 13.7. The Kier molecular flexibility index (Phi) is 9.15. The number of nitrogens with zero attached hydrogens (tertiary/aromatic N) is 1. The summed E-state index contributed by atoms with van der Waals surface area (Å²) in [5.41, 5.74) is 2.91. The number of rotatable bonds is 11. The summed E-state index contributed by atoms with van der Waals surface area (Å²) in [6, 6.07) is 19.4. The van der Waals surface area contributed by atoms with E-state index in [1.807, 2.05) is 69.3 Å². The number of amides is 1. The van der Waals surface area contributed by atoms with Crippen molar-refractivity contribution in [3.63, 3.8) is 0 Å². The van der Waals surface area contributed by atoms with Gasteiger partial charge in [0.2, 0.25) is 0 Å². The largest absolute Gasteiger partial charge is 0.507 e. The highest BCUT2D eigenvalue weighted by atomic mass is 16.5. The molecule has 1 aliphatic rings. The molecule has 40 heavy (non-hydrogen) atoms. The Morgan fingerprint density at radius 3 is 2.25 bits per heavy atom. The number of carbonyl (C=O) groups excluding carboxylic acids is 2. The number of hydrogen-bond donors (Lipinski definition) is 1. The van der Waals surface area contributed by atoms with Gasteiger partial charge in [-0.2, -0.15) is 0 Å². The van der Waals surface area contributed by atoms with Gasteiger partial charge in [0.05, 0.1) is 37.0 Å². The molecule has 7 heteroatoms. The predicted octanol–water partition coefficient (Wildman–Crippen LogP) is 6.45. The van der Waals surface area contributed by atoms with Gasteiger partial charge in [-0.15, -0.1) is 0 Å². The van der Waals surface area contributed by atoms with Gasteiger partial charge < -0.3 is 24.2 Å². The zero-order chi connectivity index (χ0) is 28.8. The lowest BCUT2D eigenvalue weighted by molar-refractivity contribution is -0.140. The summed E-state index contributed by atoms with van der Waals surface area (Å²) in [4.78, 5) is 28.5. The van der Waals surface area contributed by atoms with E-state index in [2.05, 4.69) is 13.8 Å². The summed E-state index contributed by atoms with van der Waals surface area (Å²) in [5.74, 6) is 0.412. The Bertz CT molecular complexity index is 1390. The average Bonchev–Trinajstić information content (AvgIpc) is 3.18. The van der Waals surface area contributed by atoms with Gasteiger partial charge in [-0.05, 0) is 62.1 Å². The van der Waals surface area contributed by atoms with E-state index in [9.17, 15) is 14.7 Å². The third-order valence-electron chi connectivity index (χ3n) is 6.58. The molecule has 1 heterocycles. The van der Waals surface area contributed by atoms with E-state index in [-0.39, 0.29) is 17.9 Å². The molecule has 1 atom stereocenters. The van der Waals surface area contributed by atoms with E-state index >= 15 is 0 Å². The Labute approximate surface area is 236 Å². The number of carbonyl (C=O) groups is 2. The number of benzene rings is 3. The number of aliphatic hydroxyl groups is 1. The van der Waals surface area contributed by atoms with E-state index in [1.165, 1.54) is 4.90 Å². The van der Waals surface area contributed by atoms with Crippen molar-refractivity contribution in [2.24, 2.45) is 5.92 Å². The van der Waals surface area contributed by atoms with Crippen molar-refractivity contribution in [1.29, 1.82) is 0 Å². The van der Waals surface area contributed by atoms with E-state index in [0.29, 0.717) is 42.8 Å². The Morgan fingerprint density at radius 2 is 1.60 bits per heavy atom. The SMILES string of the molecule is CCOc1ccc(/C(O)=C2/C(=O)C(=O)N(Cc3ccc(OCC(C)C)cc3)C2c2cccc(C)c2)c(OCC)c1. The van der Waals surface area contributed by atoms with Crippen molar-refractivity contribution in [3.05, 3.63) is 94.6 Å². The Morgan fingerprint density at radius 1 is 0.900 bits per heavy atom. The Hall–Kier alpha value is -4.26. The average molecular weight is 544 g/mol. The number of ether oxygens (including phenoxy) is 3. The summed E-state index contributed by atoms with van der Waals surface area (Å²) in [7, 11) is 0. The normalized spacial score (nSPS) is 16.4. The molecule has 1 unspecified atom stereocenters. The summed E-state index contributed by atoms with van der Waals surface area (Å²) < 4.78 is 17.2. The van der Waals surface area contributed by atoms with E-state index in [0.717, 1.165) is 22.4 Å². The van der Waals surface area contributed by atoms with Crippen molar-refractivity contribution < 1.29 is 28.9 Å². The fourth-order valence-corrected chi connectivity index (χ4v) is 4.76. The standard InChI is InChI=1S/C33H37NO6/c1-6-38-26-15-16-27(28(18-26)39-7-2)31(35)29-30(24-10-8-9-22(5)17-24)34(33(37)32(29)36)19-23-11-13-25(14-12-23)40-20-21(3)4/h8-18,21,30,35H,6-7,19-20H2,1-5H3/b31-29-. The lowest BCUT2D eigenvalue weighted by atomic mass is 9.94. The molecule has 7 nitrogen and oxygen atoms in total. The molecular formula is C33H37NO6. The molecule has 1 fully saturated rings. The van der Waals surface area contributed by atoms with Crippen molar-refractivity contribution in [2.45, 2.75) is 47.2 Å². The second-order valence-corrected chi connectivity index (χ2v) is 10.2. The smallest absolute Gasteiger partial charge is 0.295 e. The fraction of sp³-hybridized carbons (Fsp3) is 0.333. The molecule has 0 spiro atoms. The zero-order valence-electron chi connectivity index (χ0n) is 23.8. The molecule has 210 valence electrons. The lowest BCUT2D eigenvalue weighted by Crippen LogP contribution is -2.29. The molecule has 0 aromatic heterocycles. The number of hydrogen-bond acceptors (Lipinski definition) is 6. The number of aryl methyl sites for hydroxylation is 1. The fourth-order valence-electron chi connectivity index (χ4n) is 4.76. The first kappa shape index (κ1) is 28.7. The predicted molar refractivity (Wildman–Crippen MR) is 155 cm³/mol. The molecule has 0 aliphatic carbocycles. The topological polar surface area (TPSA) is 85.3 Å². The third kappa shape index (κ3) is 6.30. The molecule has 4 rings (SSSR count). The molecule has 0 radical (unpaired) electrons. The van der Waals surface area contributed by atoms with Crippen LogP contribution in [0.5, 0.6) is 17.2 Å². The third-order valence-corrected chi connectivity index (χ3v) is 6.58. The second kappa shape index (κ2) is 12.7. The number of aliphatic hydroxyl groups excluding tert-OH is 1. The Balaban J connectivity index is 1.78.